The summed E-state index contributed by atoms with van der Waals surface area (Å²) in [5, 5.41) is 5.09. The van der Waals surface area contributed by atoms with Crippen molar-refractivity contribution in [3.8, 4) is 11.4 Å². The molecule has 0 N–H and O–H groups in total. The molecule has 0 aliphatic heterocycles. The maximum absolute atomic E-state index is 13.1. The Morgan fingerprint density at radius 1 is 1.12 bits per heavy atom. The van der Waals surface area contributed by atoms with Gasteiger partial charge in [-0.1, -0.05) is 22.9 Å². The van der Waals surface area contributed by atoms with Crippen molar-refractivity contribution in [2.45, 2.75) is 47.1 Å². The minimum atomic E-state index is -0.177. The molecule has 33 heavy (non-hydrogen) atoms. The normalized spacial score (nSPS) is 11.7. The molecule has 0 saturated heterocycles. The Morgan fingerprint density at radius 3 is 2.52 bits per heavy atom. The summed E-state index contributed by atoms with van der Waals surface area (Å²) in [4.78, 5) is 17.8. The highest BCUT2D eigenvalue weighted by Gasteiger charge is 2.12. The molecule has 0 aliphatic rings. The molecule has 170 valence electrons. The SMILES string of the molecule is CCc1nc2ccc(Br)cc2c(=O)n1N=Cc1cc(C)n(-c2ccc(OC(C)C)cc2)c1C. The molecule has 4 rings (SSSR count). The lowest BCUT2D eigenvalue weighted by molar-refractivity contribution is 0.242. The Morgan fingerprint density at radius 2 is 1.85 bits per heavy atom. The van der Waals surface area contributed by atoms with Crippen LogP contribution in [0.1, 0.15) is 43.5 Å². The van der Waals surface area contributed by atoms with Crippen LogP contribution in [-0.4, -0.2) is 26.5 Å². The summed E-state index contributed by atoms with van der Waals surface area (Å²) in [7, 11) is 0. The third-order valence-electron chi connectivity index (χ3n) is 5.44. The Bertz CT molecular complexity index is 1400. The Kier molecular flexibility index (Phi) is 6.51. The van der Waals surface area contributed by atoms with Gasteiger partial charge in [0.25, 0.3) is 5.56 Å². The highest BCUT2D eigenvalue weighted by atomic mass is 79.9. The maximum Gasteiger partial charge on any atom is 0.282 e. The number of rotatable bonds is 6. The average Bonchev–Trinajstić information content (AvgIpc) is 3.06. The molecule has 4 aromatic rings. The summed E-state index contributed by atoms with van der Waals surface area (Å²) in [5.74, 6) is 1.47. The Labute approximate surface area is 201 Å². The molecular weight excluding hydrogens is 480 g/mol. The molecule has 0 spiro atoms. The molecule has 0 aliphatic carbocycles. The van der Waals surface area contributed by atoms with Crippen molar-refractivity contribution in [1.29, 1.82) is 0 Å². The van der Waals surface area contributed by atoms with E-state index in [1.807, 2.05) is 64.1 Å². The zero-order valence-corrected chi connectivity index (χ0v) is 21.0. The third-order valence-corrected chi connectivity index (χ3v) is 5.93. The molecule has 0 radical (unpaired) electrons. The summed E-state index contributed by atoms with van der Waals surface area (Å²) in [6.45, 7) is 10.1. The van der Waals surface area contributed by atoms with E-state index < -0.39 is 0 Å². The standard InChI is InChI=1S/C26H27BrN4O2/c1-6-25-29-24-12-7-20(27)14-23(24)26(32)31(25)28-15-19-13-17(4)30(18(19)5)21-8-10-22(11-9-21)33-16(2)3/h7-16H,6H2,1-5H3. The number of fused-ring (bicyclic) bond motifs is 1. The number of ether oxygens (including phenoxy) is 1. The molecule has 0 saturated carbocycles. The zero-order valence-electron chi connectivity index (χ0n) is 19.5. The first-order chi connectivity index (χ1) is 15.8. The van der Waals surface area contributed by atoms with Gasteiger partial charge in [-0.3, -0.25) is 4.79 Å². The molecule has 7 heteroatoms. The predicted molar refractivity (Wildman–Crippen MR) is 137 cm³/mol. The van der Waals surface area contributed by atoms with Gasteiger partial charge >= 0.3 is 0 Å². The van der Waals surface area contributed by atoms with Crippen molar-refractivity contribution in [3.05, 3.63) is 86.1 Å². The van der Waals surface area contributed by atoms with E-state index in [1.54, 1.807) is 12.3 Å². The van der Waals surface area contributed by atoms with Gasteiger partial charge in [-0.15, -0.1) is 0 Å². The first kappa shape index (κ1) is 23.0. The van der Waals surface area contributed by atoms with Crippen LogP contribution < -0.4 is 10.3 Å². The molecule has 0 unspecified atom stereocenters. The lowest BCUT2D eigenvalue weighted by atomic mass is 10.2. The lowest BCUT2D eigenvalue weighted by Gasteiger charge is -2.13. The number of benzene rings is 2. The van der Waals surface area contributed by atoms with Gasteiger partial charge in [-0.05, 0) is 76.2 Å². The van der Waals surface area contributed by atoms with Crippen molar-refractivity contribution >= 4 is 33.0 Å². The monoisotopic (exact) mass is 506 g/mol. The second-order valence-corrected chi connectivity index (χ2v) is 9.14. The predicted octanol–water partition coefficient (Wildman–Crippen LogP) is 5.80. The van der Waals surface area contributed by atoms with E-state index in [-0.39, 0.29) is 11.7 Å². The van der Waals surface area contributed by atoms with Gasteiger partial charge in [-0.25, -0.2) is 4.98 Å². The van der Waals surface area contributed by atoms with E-state index in [0.29, 0.717) is 23.1 Å². The summed E-state index contributed by atoms with van der Waals surface area (Å²) >= 11 is 3.44. The maximum atomic E-state index is 13.1. The molecule has 2 aromatic carbocycles. The minimum Gasteiger partial charge on any atom is -0.491 e. The molecule has 0 atom stereocenters. The molecular formula is C26H27BrN4O2. The van der Waals surface area contributed by atoms with Crippen LogP contribution >= 0.6 is 15.9 Å². The van der Waals surface area contributed by atoms with Crippen molar-refractivity contribution in [2.24, 2.45) is 5.10 Å². The first-order valence-electron chi connectivity index (χ1n) is 11.0. The highest BCUT2D eigenvalue weighted by molar-refractivity contribution is 9.10. The number of aryl methyl sites for hydroxylation is 2. The van der Waals surface area contributed by atoms with Crippen LogP contribution in [0.25, 0.3) is 16.6 Å². The van der Waals surface area contributed by atoms with E-state index in [4.69, 9.17) is 4.74 Å². The van der Waals surface area contributed by atoms with E-state index in [0.717, 1.165) is 32.9 Å². The summed E-state index contributed by atoms with van der Waals surface area (Å²) < 4.78 is 10.2. The fourth-order valence-corrected chi connectivity index (χ4v) is 4.29. The molecule has 6 nitrogen and oxygen atoms in total. The van der Waals surface area contributed by atoms with Crippen molar-refractivity contribution in [1.82, 2.24) is 14.2 Å². The number of halogens is 1. The van der Waals surface area contributed by atoms with E-state index in [1.165, 1.54) is 4.68 Å². The summed E-state index contributed by atoms with van der Waals surface area (Å²) in [6, 6.07) is 15.6. The van der Waals surface area contributed by atoms with Crippen molar-refractivity contribution < 1.29 is 4.74 Å². The highest BCUT2D eigenvalue weighted by Crippen LogP contribution is 2.23. The van der Waals surface area contributed by atoms with Crippen LogP contribution in [0.3, 0.4) is 0 Å². The topological polar surface area (TPSA) is 61.4 Å². The van der Waals surface area contributed by atoms with Gasteiger partial charge in [-0.2, -0.15) is 9.78 Å². The van der Waals surface area contributed by atoms with Crippen LogP contribution in [-0.2, 0) is 6.42 Å². The summed E-state index contributed by atoms with van der Waals surface area (Å²) in [5.41, 5.74) is 4.60. The van der Waals surface area contributed by atoms with E-state index >= 15 is 0 Å². The van der Waals surface area contributed by atoms with E-state index in [2.05, 4.69) is 43.6 Å². The average molecular weight is 507 g/mol. The molecule has 2 aromatic heterocycles. The largest absolute Gasteiger partial charge is 0.491 e. The van der Waals surface area contributed by atoms with Crippen LogP contribution in [0, 0.1) is 13.8 Å². The van der Waals surface area contributed by atoms with Crippen molar-refractivity contribution in [2.75, 3.05) is 0 Å². The van der Waals surface area contributed by atoms with Crippen LogP contribution in [0.5, 0.6) is 5.75 Å². The quantitative estimate of drug-likeness (QED) is 0.310. The summed E-state index contributed by atoms with van der Waals surface area (Å²) in [6.07, 6.45) is 2.47. The minimum absolute atomic E-state index is 0.135. The molecule has 2 heterocycles. The fraction of sp³-hybridized carbons (Fsp3) is 0.269. The second kappa shape index (κ2) is 9.35. The molecule has 0 bridgehead atoms. The Balaban J connectivity index is 1.72. The molecule has 0 fully saturated rings. The number of hydrogen-bond acceptors (Lipinski definition) is 4. The van der Waals surface area contributed by atoms with Gasteiger partial charge in [0.05, 0.1) is 23.2 Å². The van der Waals surface area contributed by atoms with Gasteiger partial charge in [0, 0.05) is 33.5 Å². The zero-order chi connectivity index (χ0) is 23.7. The second-order valence-electron chi connectivity index (χ2n) is 8.23. The third kappa shape index (κ3) is 4.64. The Hall–Kier alpha value is -3.19. The molecule has 0 amide bonds. The van der Waals surface area contributed by atoms with Crippen LogP contribution in [0.15, 0.2) is 62.9 Å². The van der Waals surface area contributed by atoms with Gasteiger partial charge in [0.2, 0.25) is 0 Å². The number of nitrogens with zero attached hydrogens (tertiary/aromatic N) is 4. The first-order valence-corrected chi connectivity index (χ1v) is 11.8. The smallest absolute Gasteiger partial charge is 0.282 e. The van der Waals surface area contributed by atoms with Crippen LogP contribution in [0.4, 0.5) is 0 Å². The van der Waals surface area contributed by atoms with Gasteiger partial charge in [0.15, 0.2) is 0 Å². The van der Waals surface area contributed by atoms with Gasteiger partial charge < -0.3 is 9.30 Å². The number of aromatic nitrogens is 3. The number of hydrogen-bond donors (Lipinski definition) is 0. The van der Waals surface area contributed by atoms with Crippen molar-refractivity contribution in [3.63, 3.8) is 0 Å². The van der Waals surface area contributed by atoms with Crippen LogP contribution in [0.2, 0.25) is 0 Å². The fourth-order valence-electron chi connectivity index (χ4n) is 3.92. The lowest BCUT2D eigenvalue weighted by Crippen LogP contribution is -2.22. The van der Waals surface area contributed by atoms with E-state index in [9.17, 15) is 4.79 Å². The van der Waals surface area contributed by atoms with Gasteiger partial charge in [0.1, 0.15) is 11.6 Å².